The number of ketones is 1. The number of amidine groups is 1. The Bertz CT molecular complexity index is 566. The van der Waals surface area contributed by atoms with Crippen LogP contribution in [-0.4, -0.2) is 44.9 Å². The van der Waals surface area contributed by atoms with Crippen molar-refractivity contribution in [2.24, 2.45) is 10.9 Å². The van der Waals surface area contributed by atoms with E-state index in [1.807, 2.05) is 0 Å². The van der Waals surface area contributed by atoms with E-state index in [1.165, 1.54) is 7.11 Å². The van der Waals surface area contributed by atoms with Crippen molar-refractivity contribution in [3.63, 3.8) is 0 Å². The molecule has 1 unspecified atom stereocenters. The molecule has 0 radical (unpaired) electrons. The Hall–Kier alpha value is -2.37. The van der Waals surface area contributed by atoms with E-state index in [-0.39, 0.29) is 18.2 Å². The van der Waals surface area contributed by atoms with E-state index >= 15 is 0 Å². The van der Waals surface area contributed by atoms with Crippen LogP contribution in [0.15, 0.2) is 29.3 Å². The zero-order chi connectivity index (χ0) is 15.9. The van der Waals surface area contributed by atoms with Gasteiger partial charge in [-0.3, -0.25) is 14.6 Å². The lowest BCUT2D eigenvalue weighted by Gasteiger charge is -2.16. The van der Waals surface area contributed by atoms with E-state index in [0.717, 1.165) is 6.54 Å². The summed E-state index contributed by atoms with van der Waals surface area (Å²) >= 11 is 0. The molecular weight excluding hydrogens is 284 g/mol. The molecular formula is C16H20N2O4. The molecule has 1 heterocycles. The van der Waals surface area contributed by atoms with Gasteiger partial charge in [-0.25, -0.2) is 0 Å². The Morgan fingerprint density at radius 1 is 1.27 bits per heavy atom. The zero-order valence-electron chi connectivity index (χ0n) is 12.8. The van der Waals surface area contributed by atoms with Crippen LogP contribution in [0.5, 0.6) is 5.75 Å². The van der Waals surface area contributed by atoms with Gasteiger partial charge in [0.1, 0.15) is 11.6 Å². The number of hydrogen-bond acceptors (Lipinski definition) is 6. The van der Waals surface area contributed by atoms with Crippen LogP contribution < -0.4 is 10.1 Å². The van der Waals surface area contributed by atoms with Crippen LogP contribution >= 0.6 is 0 Å². The second kappa shape index (κ2) is 7.59. The van der Waals surface area contributed by atoms with Crippen LogP contribution in [0.2, 0.25) is 0 Å². The van der Waals surface area contributed by atoms with E-state index in [9.17, 15) is 9.59 Å². The van der Waals surface area contributed by atoms with Gasteiger partial charge in [0.05, 0.1) is 26.7 Å². The average molecular weight is 304 g/mol. The molecule has 1 aromatic carbocycles. The Morgan fingerprint density at radius 2 is 2.00 bits per heavy atom. The molecule has 0 aliphatic carbocycles. The summed E-state index contributed by atoms with van der Waals surface area (Å²) in [7, 11) is 2.92. The molecule has 1 aliphatic heterocycles. The minimum absolute atomic E-state index is 0.0558. The summed E-state index contributed by atoms with van der Waals surface area (Å²) in [5, 5.41) is 3.12. The molecule has 6 nitrogen and oxygen atoms in total. The molecule has 2 rings (SSSR count). The number of benzene rings is 1. The first-order chi connectivity index (χ1) is 10.7. The maximum absolute atomic E-state index is 12.7. The van der Waals surface area contributed by atoms with Crippen LogP contribution in [0, 0.1) is 5.92 Å². The van der Waals surface area contributed by atoms with Crippen LogP contribution in [0.1, 0.15) is 23.2 Å². The van der Waals surface area contributed by atoms with Gasteiger partial charge < -0.3 is 14.8 Å². The lowest BCUT2D eigenvalue weighted by atomic mass is 9.92. The highest BCUT2D eigenvalue weighted by Crippen LogP contribution is 2.20. The third-order valence-electron chi connectivity index (χ3n) is 3.59. The van der Waals surface area contributed by atoms with Crippen LogP contribution in [0.25, 0.3) is 0 Å². The van der Waals surface area contributed by atoms with Gasteiger partial charge in [0.2, 0.25) is 0 Å². The molecule has 0 spiro atoms. The minimum atomic E-state index is -0.449. The molecule has 0 aromatic heterocycles. The highest BCUT2D eigenvalue weighted by molar-refractivity contribution is 6.12. The average Bonchev–Trinajstić information content (AvgIpc) is 3.09. The predicted molar refractivity (Wildman–Crippen MR) is 82.4 cm³/mol. The number of carbonyl (C=O) groups is 2. The smallest absolute Gasteiger partial charge is 0.305 e. The first-order valence-corrected chi connectivity index (χ1v) is 7.19. The van der Waals surface area contributed by atoms with Crippen LogP contribution in [0.4, 0.5) is 0 Å². The highest BCUT2D eigenvalue weighted by Gasteiger charge is 2.28. The Kier molecular flexibility index (Phi) is 5.52. The fourth-order valence-corrected chi connectivity index (χ4v) is 2.36. The molecule has 1 atom stereocenters. The summed E-state index contributed by atoms with van der Waals surface area (Å²) in [5.74, 6) is 0.518. The number of hydrogen-bond donors (Lipinski definition) is 1. The topological polar surface area (TPSA) is 77.0 Å². The summed E-state index contributed by atoms with van der Waals surface area (Å²) in [4.78, 5) is 28.4. The first kappa shape index (κ1) is 16.0. The minimum Gasteiger partial charge on any atom is -0.497 e. The molecule has 0 saturated heterocycles. The fraction of sp³-hybridized carbons (Fsp3) is 0.438. The molecule has 1 aliphatic rings. The lowest BCUT2D eigenvalue weighted by molar-refractivity contribution is -0.140. The summed E-state index contributed by atoms with van der Waals surface area (Å²) in [6.45, 7) is 1.37. The normalized spacial score (nSPS) is 14.7. The van der Waals surface area contributed by atoms with Gasteiger partial charge in [-0.15, -0.1) is 0 Å². The second-order valence-electron chi connectivity index (χ2n) is 4.95. The molecule has 0 bridgehead atoms. The third-order valence-corrected chi connectivity index (χ3v) is 3.59. The van der Waals surface area contributed by atoms with E-state index in [1.54, 1.807) is 31.4 Å². The second-order valence-corrected chi connectivity index (χ2v) is 4.95. The fourth-order valence-electron chi connectivity index (χ4n) is 2.36. The Morgan fingerprint density at radius 3 is 2.55 bits per heavy atom. The van der Waals surface area contributed by atoms with Gasteiger partial charge in [-0.2, -0.15) is 0 Å². The summed E-state index contributed by atoms with van der Waals surface area (Å²) in [6, 6.07) is 6.94. The van der Waals surface area contributed by atoms with Crippen molar-refractivity contribution in [1.82, 2.24) is 5.32 Å². The van der Waals surface area contributed by atoms with Gasteiger partial charge in [0.25, 0.3) is 0 Å². The Labute approximate surface area is 129 Å². The number of methoxy groups -OCH3 is 2. The van der Waals surface area contributed by atoms with Crippen molar-refractivity contribution in [2.45, 2.75) is 12.8 Å². The number of Topliss-reactive ketones (excluding diaryl/α,β-unsaturated/α-hetero) is 1. The van der Waals surface area contributed by atoms with E-state index in [4.69, 9.17) is 4.74 Å². The van der Waals surface area contributed by atoms with E-state index in [2.05, 4.69) is 15.0 Å². The first-order valence-electron chi connectivity index (χ1n) is 7.19. The molecule has 1 aromatic rings. The number of aliphatic imine (C=N–C) groups is 1. The quantitative estimate of drug-likeness (QED) is 0.609. The summed E-state index contributed by atoms with van der Waals surface area (Å²) in [6.07, 6.45) is 0.563. The van der Waals surface area contributed by atoms with Crippen molar-refractivity contribution >= 4 is 17.6 Å². The number of rotatable bonds is 7. The van der Waals surface area contributed by atoms with Gasteiger partial charge in [-0.1, -0.05) is 0 Å². The molecule has 6 heteroatoms. The molecule has 0 amide bonds. The van der Waals surface area contributed by atoms with Crippen LogP contribution in [-0.2, 0) is 9.53 Å². The standard InChI is InChI=1S/C16H20N2O4/c1-21-12-5-3-11(4-6-12)15(20)13(7-8-14(19)22-2)16-17-9-10-18-16/h3-6,13H,7-10H2,1-2H3,(H,17,18). The lowest BCUT2D eigenvalue weighted by Crippen LogP contribution is -2.33. The highest BCUT2D eigenvalue weighted by atomic mass is 16.5. The monoisotopic (exact) mass is 304 g/mol. The van der Waals surface area contributed by atoms with Crippen molar-refractivity contribution in [3.8, 4) is 5.75 Å². The van der Waals surface area contributed by atoms with Crippen LogP contribution in [0.3, 0.4) is 0 Å². The Balaban J connectivity index is 2.15. The number of ether oxygens (including phenoxy) is 2. The predicted octanol–water partition coefficient (Wildman–Crippen LogP) is 1.45. The van der Waals surface area contributed by atoms with E-state index < -0.39 is 5.92 Å². The number of esters is 1. The van der Waals surface area contributed by atoms with Gasteiger partial charge in [-0.05, 0) is 30.7 Å². The maximum atomic E-state index is 12.7. The van der Waals surface area contributed by atoms with Gasteiger partial charge >= 0.3 is 5.97 Å². The van der Waals surface area contributed by atoms with Crippen molar-refractivity contribution in [1.29, 1.82) is 0 Å². The summed E-state index contributed by atoms with van der Waals surface area (Å²) < 4.78 is 9.75. The number of nitrogens with zero attached hydrogens (tertiary/aromatic N) is 1. The maximum Gasteiger partial charge on any atom is 0.305 e. The van der Waals surface area contributed by atoms with Crippen molar-refractivity contribution < 1.29 is 19.1 Å². The molecule has 1 N–H and O–H groups in total. The number of nitrogens with one attached hydrogen (secondary N) is 1. The van der Waals surface area contributed by atoms with E-state index in [0.29, 0.717) is 30.1 Å². The zero-order valence-corrected chi connectivity index (χ0v) is 12.8. The largest absolute Gasteiger partial charge is 0.497 e. The molecule has 0 saturated carbocycles. The van der Waals surface area contributed by atoms with Crippen molar-refractivity contribution in [3.05, 3.63) is 29.8 Å². The number of carbonyl (C=O) groups excluding carboxylic acids is 2. The summed E-state index contributed by atoms with van der Waals surface area (Å²) in [5.41, 5.74) is 0.576. The molecule has 0 fully saturated rings. The van der Waals surface area contributed by atoms with Crippen molar-refractivity contribution in [2.75, 3.05) is 27.3 Å². The third kappa shape index (κ3) is 3.84. The van der Waals surface area contributed by atoms with Gasteiger partial charge in [0, 0.05) is 18.5 Å². The SMILES string of the molecule is COC(=O)CCC(C(=O)c1ccc(OC)cc1)C1=NCCN1. The molecule has 118 valence electrons. The van der Waals surface area contributed by atoms with Gasteiger partial charge in [0.15, 0.2) is 5.78 Å². The molecule has 22 heavy (non-hydrogen) atoms.